The van der Waals surface area contributed by atoms with Crippen LogP contribution in [0.15, 0.2) is 35.7 Å². The number of benzene rings is 1. The van der Waals surface area contributed by atoms with Crippen LogP contribution < -0.4 is 4.74 Å². The Morgan fingerprint density at radius 3 is 2.50 bits per heavy atom. The van der Waals surface area contributed by atoms with Gasteiger partial charge in [-0.3, -0.25) is 0 Å². The van der Waals surface area contributed by atoms with Crippen LogP contribution >= 0.6 is 0 Å². The maximum absolute atomic E-state index is 9.48. The number of aryl methyl sites for hydroxylation is 1. The Bertz CT molecular complexity index is 416. The van der Waals surface area contributed by atoms with Crippen molar-refractivity contribution in [2.24, 2.45) is 0 Å². The molecule has 0 radical (unpaired) electrons. The molecule has 0 aliphatic rings. The summed E-state index contributed by atoms with van der Waals surface area (Å²) < 4.78 is 5.04. The maximum atomic E-state index is 9.48. The topological polar surface area (TPSA) is 57.6 Å². The first-order valence-corrected chi connectivity index (χ1v) is 5.04. The van der Waals surface area contributed by atoms with Gasteiger partial charge in [-0.05, 0) is 24.1 Å². The molecule has 0 spiro atoms. The molecule has 0 heterocycles. The number of aliphatic hydroxyl groups is 1. The Morgan fingerprint density at radius 2 is 2.00 bits per heavy atom. The highest BCUT2D eigenvalue weighted by Gasteiger charge is 2.10. The molecule has 1 rings (SSSR count). The number of nitrogens with zero attached hydrogens (tertiary/aromatic N) is 2. The molecule has 1 aromatic carbocycles. The highest BCUT2D eigenvalue weighted by atomic mass is 16.5. The van der Waals surface area contributed by atoms with Crippen LogP contribution in [0.1, 0.15) is 18.9 Å². The maximum Gasteiger partial charge on any atom is 0.395 e. The summed E-state index contributed by atoms with van der Waals surface area (Å²) in [5.41, 5.74) is 1.35. The minimum absolute atomic E-state index is 0.110. The molecular weight excluding hydrogens is 204 g/mol. The lowest BCUT2D eigenvalue weighted by atomic mass is 10.1. The molecule has 0 aliphatic heterocycles. The fourth-order valence-electron chi connectivity index (χ4n) is 1.29. The lowest BCUT2D eigenvalue weighted by molar-refractivity contribution is 0.383. The normalized spacial score (nSPS) is 11.6. The number of ether oxygens (including phenoxy) is 1. The van der Waals surface area contributed by atoms with Gasteiger partial charge in [0.25, 0.3) is 0 Å². The summed E-state index contributed by atoms with van der Waals surface area (Å²) in [4.78, 5) is 2.94. The summed E-state index contributed by atoms with van der Waals surface area (Å²) in [6, 6.07) is 7.63. The molecule has 0 saturated carbocycles. The molecule has 0 aliphatic carbocycles. The first-order chi connectivity index (χ1) is 7.67. The lowest BCUT2D eigenvalue weighted by Crippen LogP contribution is -1.91. The van der Waals surface area contributed by atoms with E-state index in [0.717, 1.165) is 11.3 Å². The monoisotopic (exact) mass is 219 g/mol. The number of diazo groups is 1. The van der Waals surface area contributed by atoms with Gasteiger partial charge in [0.15, 0.2) is 10.7 Å². The summed E-state index contributed by atoms with van der Waals surface area (Å²) in [5, 5.41) is 17.9. The van der Waals surface area contributed by atoms with E-state index in [-0.39, 0.29) is 11.5 Å². The Morgan fingerprint density at radius 1 is 1.38 bits per heavy atom. The van der Waals surface area contributed by atoms with Crippen molar-refractivity contribution in [1.82, 2.24) is 0 Å². The van der Waals surface area contributed by atoms with E-state index < -0.39 is 0 Å². The van der Waals surface area contributed by atoms with Crippen LogP contribution in [0.5, 0.6) is 5.75 Å². The quantitative estimate of drug-likeness (QED) is 0.624. The summed E-state index contributed by atoms with van der Waals surface area (Å²) in [6.07, 6.45) is 1.16. The minimum atomic E-state index is 0.110. The van der Waals surface area contributed by atoms with Gasteiger partial charge >= 0.3 is 5.70 Å². The van der Waals surface area contributed by atoms with Gasteiger partial charge in [0.1, 0.15) is 5.75 Å². The molecule has 0 amide bonds. The van der Waals surface area contributed by atoms with E-state index in [0.29, 0.717) is 12.8 Å². The average molecular weight is 219 g/mol. The first kappa shape index (κ1) is 12.1. The fraction of sp³-hybridized carbons (Fsp3) is 0.333. The molecule has 0 saturated heterocycles. The van der Waals surface area contributed by atoms with Crippen LogP contribution in [0.2, 0.25) is 0 Å². The van der Waals surface area contributed by atoms with Gasteiger partial charge in [0, 0.05) is 13.3 Å². The first-order valence-electron chi connectivity index (χ1n) is 5.04. The summed E-state index contributed by atoms with van der Waals surface area (Å²) in [7, 11) is 1.62. The fourth-order valence-corrected chi connectivity index (χ4v) is 1.29. The summed E-state index contributed by atoms with van der Waals surface area (Å²) >= 11 is 0. The number of allylic oxidation sites excluding steroid dienone is 2. The second kappa shape index (κ2) is 5.76. The standard InChI is InChI=1S/C12H14N2O2/c1-9(14-13)12(15)8-5-10-3-6-11(16-2)7-4-10/h3-4,6-7H,5,8H2,1-2H3/p+1/b12-9+. The van der Waals surface area contributed by atoms with Gasteiger partial charge in [-0.15, -0.1) is 0 Å². The van der Waals surface area contributed by atoms with Gasteiger partial charge in [0.05, 0.1) is 7.11 Å². The smallest absolute Gasteiger partial charge is 0.395 e. The van der Waals surface area contributed by atoms with Gasteiger partial charge in [-0.1, -0.05) is 12.1 Å². The zero-order valence-electron chi connectivity index (χ0n) is 9.47. The molecular formula is C12H15N2O2+. The van der Waals surface area contributed by atoms with Gasteiger partial charge in [-0.2, -0.15) is 0 Å². The highest BCUT2D eigenvalue weighted by molar-refractivity contribution is 5.27. The van der Waals surface area contributed by atoms with Crippen LogP contribution in [0.25, 0.3) is 4.98 Å². The van der Waals surface area contributed by atoms with E-state index in [1.54, 1.807) is 14.0 Å². The third kappa shape index (κ3) is 3.28. The third-order valence-electron chi connectivity index (χ3n) is 2.38. The minimum Gasteiger partial charge on any atom is -0.505 e. The van der Waals surface area contributed by atoms with Gasteiger partial charge in [0.2, 0.25) is 5.39 Å². The predicted molar refractivity (Wildman–Crippen MR) is 61.7 cm³/mol. The SMILES string of the molecule is COc1ccc(CC/C(O)=C(/C)[N+]#N)cc1. The zero-order chi connectivity index (χ0) is 12.0. The van der Waals surface area contributed by atoms with Crippen molar-refractivity contribution in [1.29, 1.82) is 5.39 Å². The van der Waals surface area contributed by atoms with Crippen LogP contribution in [0.3, 0.4) is 0 Å². The Balaban J connectivity index is 2.59. The van der Waals surface area contributed by atoms with Crippen molar-refractivity contribution in [3.63, 3.8) is 0 Å². The molecule has 4 heteroatoms. The van der Waals surface area contributed by atoms with Gasteiger partial charge in [-0.25, -0.2) is 0 Å². The average Bonchev–Trinajstić information content (AvgIpc) is 2.35. The molecule has 0 unspecified atom stereocenters. The van der Waals surface area contributed by atoms with Crippen molar-refractivity contribution in [2.75, 3.05) is 7.11 Å². The van der Waals surface area contributed by atoms with E-state index >= 15 is 0 Å². The van der Waals surface area contributed by atoms with Crippen molar-refractivity contribution < 1.29 is 9.84 Å². The Hall–Kier alpha value is -2.02. The van der Waals surface area contributed by atoms with E-state index in [1.807, 2.05) is 24.3 Å². The molecule has 4 nitrogen and oxygen atoms in total. The van der Waals surface area contributed by atoms with Crippen molar-refractivity contribution in [3.05, 3.63) is 46.3 Å². The zero-order valence-corrected chi connectivity index (χ0v) is 9.47. The molecule has 0 fully saturated rings. The van der Waals surface area contributed by atoms with Crippen molar-refractivity contribution >= 4 is 0 Å². The lowest BCUT2D eigenvalue weighted by Gasteiger charge is -2.02. The molecule has 0 atom stereocenters. The second-order valence-electron chi connectivity index (χ2n) is 3.48. The van der Waals surface area contributed by atoms with E-state index in [4.69, 9.17) is 10.1 Å². The number of hydrogen-bond donors (Lipinski definition) is 1. The predicted octanol–water partition coefficient (Wildman–Crippen LogP) is 3.27. The van der Waals surface area contributed by atoms with Crippen LogP contribution in [-0.2, 0) is 6.42 Å². The molecule has 84 valence electrons. The second-order valence-corrected chi connectivity index (χ2v) is 3.48. The largest absolute Gasteiger partial charge is 0.505 e. The summed E-state index contributed by atoms with van der Waals surface area (Å²) in [5.74, 6) is 0.920. The highest BCUT2D eigenvalue weighted by Crippen LogP contribution is 2.15. The molecule has 16 heavy (non-hydrogen) atoms. The van der Waals surface area contributed by atoms with Crippen LogP contribution in [-0.4, -0.2) is 12.2 Å². The third-order valence-corrected chi connectivity index (χ3v) is 2.38. The molecule has 1 N–H and O–H groups in total. The van der Waals surface area contributed by atoms with E-state index in [9.17, 15) is 5.11 Å². The van der Waals surface area contributed by atoms with Crippen LogP contribution in [0, 0.1) is 5.39 Å². The number of rotatable bonds is 4. The number of methoxy groups -OCH3 is 1. The summed E-state index contributed by atoms with van der Waals surface area (Å²) in [6.45, 7) is 1.56. The number of aliphatic hydroxyl groups excluding tert-OH is 1. The Labute approximate surface area is 94.8 Å². The van der Waals surface area contributed by atoms with E-state index in [2.05, 4.69) is 4.98 Å². The number of hydrogen-bond acceptors (Lipinski definition) is 3. The van der Waals surface area contributed by atoms with Crippen molar-refractivity contribution in [2.45, 2.75) is 19.8 Å². The molecule has 0 bridgehead atoms. The molecule has 0 aromatic heterocycles. The van der Waals surface area contributed by atoms with Crippen molar-refractivity contribution in [3.8, 4) is 5.75 Å². The van der Waals surface area contributed by atoms with Gasteiger partial charge < -0.3 is 9.84 Å². The Kier molecular flexibility index (Phi) is 4.34. The van der Waals surface area contributed by atoms with Crippen LogP contribution in [0.4, 0.5) is 0 Å². The molecule has 1 aromatic rings. The van der Waals surface area contributed by atoms with E-state index in [1.165, 1.54) is 0 Å².